The molecule has 2 saturated heterocycles. The van der Waals surface area contributed by atoms with E-state index in [-0.39, 0.29) is 0 Å². The van der Waals surface area contributed by atoms with Gasteiger partial charge in [0.1, 0.15) is 6.54 Å². The van der Waals surface area contributed by atoms with E-state index in [9.17, 15) is 4.79 Å². The summed E-state index contributed by atoms with van der Waals surface area (Å²) in [7, 11) is 0. The lowest BCUT2D eigenvalue weighted by Gasteiger charge is -2.35. The predicted molar refractivity (Wildman–Crippen MR) is 112 cm³/mol. The summed E-state index contributed by atoms with van der Waals surface area (Å²) in [4.78, 5) is 28.7. The van der Waals surface area contributed by atoms with Gasteiger partial charge in [-0.05, 0) is 18.6 Å². The van der Waals surface area contributed by atoms with Crippen LogP contribution >= 0.6 is 0 Å². The molecule has 0 radical (unpaired) electrons. The first-order chi connectivity index (χ1) is 14.2. The quantitative estimate of drug-likeness (QED) is 0.641. The van der Waals surface area contributed by atoms with Crippen LogP contribution in [0.5, 0.6) is 0 Å². The molecule has 2 fully saturated rings. The van der Waals surface area contributed by atoms with E-state index in [1.54, 1.807) is 17.3 Å². The van der Waals surface area contributed by atoms with Crippen molar-refractivity contribution in [2.75, 3.05) is 63.8 Å². The minimum Gasteiger partial charge on any atom is -0.330 e. The molecular formula is C22H32N6O+2. The van der Waals surface area contributed by atoms with Gasteiger partial charge in [0, 0.05) is 18.0 Å². The van der Waals surface area contributed by atoms with Crippen LogP contribution in [-0.2, 0) is 11.3 Å². The van der Waals surface area contributed by atoms with Crippen LogP contribution in [0.1, 0.15) is 11.1 Å². The molecule has 2 aliphatic heterocycles. The fraction of sp³-hybridized carbons (Fsp3) is 0.500. The number of aryl methyl sites for hydroxylation is 1. The lowest BCUT2D eigenvalue weighted by atomic mass is 10.1. The zero-order valence-electron chi connectivity index (χ0n) is 17.3. The molecule has 7 heteroatoms. The summed E-state index contributed by atoms with van der Waals surface area (Å²) >= 11 is 0. The molecule has 4 rings (SSSR count). The minimum atomic E-state index is 0.305. The molecule has 0 saturated carbocycles. The van der Waals surface area contributed by atoms with E-state index >= 15 is 0 Å². The number of anilines is 1. The highest BCUT2D eigenvalue weighted by Crippen LogP contribution is 2.06. The Labute approximate surface area is 172 Å². The van der Waals surface area contributed by atoms with Gasteiger partial charge in [-0.15, -0.1) is 0 Å². The van der Waals surface area contributed by atoms with Crippen molar-refractivity contribution in [3.05, 3.63) is 53.9 Å². The number of nitrogens with zero attached hydrogens (tertiary/aromatic N) is 4. The van der Waals surface area contributed by atoms with Crippen LogP contribution in [0.15, 0.2) is 42.7 Å². The number of hydrogen-bond donors (Lipinski definition) is 2. The molecule has 1 aromatic carbocycles. The van der Waals surface area contributed by atoms with Crippen molar-refractivity contribution < 1.29 is 14.6 Å². The summed E-state index contributed by atoms with van der Waals surface area (Å²) < 4.78 is 0. The lowest BCUT2D eigenvalue weighted by Crippen LogP contribution is -3.16. The maximum absolute atomic E-state index is 12.8. The van der Waals surface area contributed by atoms with Gasteiger partial charge < -0.3 is 19.6 Å². The largest absolute Gasteiger partial charge is 0.330 e. The number of rotatable bonds is 5. The Kier molecular flexibility index (Phi) is 6.36. The van der Waals surface area contributed by atoms with Crippen LogP contribution in [0.4, 0.5) is 5.95 Å². The van der Waals surface area contributed by atoms with Gasteiger partial charge in [0.25, 0.3) is 5.91 Å². The summed E-state index contributed by atoms with van der Waals surface area (Å²) in [5, 5.41) is 0. The van der Waals surface area contributed by atoms with Crippen LogP contribution in [0.3, 0.4) is 0 Å². The number of quaternary nitrogens is 2. The zero-order valence-corrected chi connectivity index (χ0v) is 17.3. The molecule has 29 heavy (non-hydrogen) atoms. The molecule has 1 amide bonds. The summed E-state index contributed by atoms with van der Waals surface area (Å²) in [5.74, 6) is 1.10. The van der Waals surface area contributed by atoms with E-state index in [1.807, 2.05) is 6.07 Å². The van der Waals surface area contributed by atoms with Gasteiger partial charge in [-0.3, -0.25) is 4.79 Å². The topological polar surface area (TPSA) is 58.2 Å². The SMILES string of the molecule is Cc1ccccc1C[NH+]1CCN(C(=O)C[NH+]2CCN(c3ncccn3)CC2)CC1. The highest BCUT2D eigenvalue weighted by Gasteiger charge is 2.29. The van der Waals surface area contributed by atoms with Crippen molar-refractivity contribution in [1.82, 2.24) is 14.9 Å². The number of hydrogen-bond acceptors (Lipinski definition) is 4. The molecule has 7 nitrogen and oxygen atoms in total. The van der Waals surface area contributed by atoms with E-state index in [2.05, 4.69) is 51.0 Å². The third-order valence-electron chi connectivity index (χ3n) is 6.23. The fourth-order valence-electron chi connectivity index (χ4n) is 4.31. The van der Waals surface area contributed by atoms with E-state index in [4.69, 9.17) is 0 Å². The Balaban J connectivity index is 1.20. The van der Waals surface area contributed by atoms with E-state index < -0.39 is 0 Å². The highest BCUT2D eigenvalue weighted by molar-refractivity contribution is 5.77. The molecule has 2 aromatic rings. The molecule has 0 bridgehead atoms. The van der Waals surface area contributed by atoms with Gasteiger partial charge in [0.15, 0.2) is 6.54 Å². The number of aromatic nitrogens is 2. The molecule has 3 heterocycles. The Morgan fingerprint density at radius 1 is 0.931 bits per heavy atom. The van der Waals surface area contributed by atoms with E-state index in [1.165, 1.54) is 16.0 Å². The van der Waals surface area contributed by atoms with Gasteiger partial charge >= 0.3 is 0 Å². The minimum absolute atomic E-state index is 0.305. The van der Waals surface area contributed by atoms with Crippen molar-refractivity contribution in [2.45, 2.75) is 13.5 Å². The van der Waals surface area contributed by atoms with Crippen molar-refractivity contribution in [3.8, 4) is 0 Å². The third-order valence-corrected chi connectivity index (χ3v) is 6.23. The molecule has 1 aromatic heterocycles. The van der Waals surface area contributed by atoms with Crippen molar-refractivity contribution in [3.63, 3.8) is 0 Å². The first-order valence-electron chi connectivity index (χ1n) is 10.7. The Bertz CT molecular complexity index is 798. The van der Waals surface area contributed by atoms with Crippen LogP contribution in [0, 0.1) is 6.92 Å². The average molecular weight is 397 g/mol. The second kappa shape index (κ2) is 9.33. The summed E-state index contributed by atoms with van der Waals surface area (Å²) in [5.41, 5.74) is 2.79. The standard InChI is InChI=1S/C22H30N6O/c1-19-5-2-3-6-20(19)17-25-9-13-27(14-10-25)21(29)18-26-11-15-28(16-12-26)22-23-7-4-8-24-22/h2-8H,9-18H2,1H3/p+2. The van der Waals surface area contributed by atoms with Crippen LogP contribution in [0.25, 0.3) is 0 Å². The van der Waals surface area contributed by atoms with Crippen molar-refractivity contribution in [2.24, 2.45) is 0 Å². The first kappa shape index (κ1) is 19.8. The Hall–Kier alpha value is -2.51. The molecule has 0 atom stereocenters. The maximum atomic E-state index is 12.8. The normalized spacial score (nSPS) is 18.8. The maximum Gasteiger partial charge on any atom is 0.278 e. The van der Waals surface area contributed by atoms with Gasteiger partial charge in [-0.2, -0.15) is 0 Å². The van der Waals surface area contributed by atoms with Crippen LogP contribution in [0.2, 0.25) is 0 Å². The zero-order chi connectivity index (χ0) is 20.1. The second-order valence-electron chi connectivity index (χ2n) is 8.20. The van der Waals surface area contributed by atoms with E-state index in [0.29, 0.717) is 12.5 Å². The van der Waals surface area contributed by atoms with Gasteiger partial charge in [0.2, 0.25) is 5.95 Å². The number of nitrogens with one attached hydrogen (secondary N) is 2. The highest BCUT2D eigenvalue weighted by atomic mass is 16.2. The van der Waals surface area contributed by atoms with Gasteiger partial charge in [0.05, 0.1) is 52.4 Å². The summed E-state index contributed by atoms with van der Waals surface area (Å²) in [6.45, 7) is 11.4. The van der Waals surface area contributed by atoms with Crippen LogP contribution in [-0.4, -0.2) is 79.7 Å². The molecule has 2 N–H and O–H groups in total. The number of carbonyl (C=O) groups is 1. The number of benzene rings is 1. The smallest absolute Gasteiger partial charge is 0.278 e. The molecule has 0 aliphatic carbocycles. The molecule has 2 aliphatic rings. The number of piperazine rings is 2. The van der Waals surface area contributed by atoms with E-state index in [0.717, 1.165) is 64.9 Å². The second-order valence-corrected chi connectivity index (χ2v) is 8.20. The van der Waals surface area contributed by atoms with Crippen LogP contribution < -0.4 is 14.7 Å². The predicted octanol–water partition coefficient (Wildman–Crippen LogP) is -1.58. The number of carbonyl (C=O) groups excluding carboxylic acids is 1. The first-order valence-corrected chi connectivity index (χ1v) is 10.7. The van der Waals surface area contributed by atoms with Crippen molar-refractivity contribution >= 4 is 11.9 Å². The molecular weight excluding hydrogens is 364 g/mol. The van der Waals surface area contributed by atoms with Crippen molar-refractivity contribution in [1.29, 1.82) is 0 Å². The van der Waals surface area contributed by atoms with Gasteiger partial charge in [-0.1, -0.05) is 24.3 Å². The fourth-order valence-corrected chi connectivity index (χ4v) is 4.31. The lowest BCUT2D eigenvalue weighted by molar-refractivity contribution is -0.918. The summed E-state index contributed by atoms with van der Waals surface area (Å²) in [6.07, 6.45) is 3.57. The third kappa shape index (κ3) is 5.10. The molecule has 154 valence electrons. The molecule has 0 spiro atoms. The molecule has 0 unspecified atom stereocenters. The Morgan fingerprint density at radius 3 is 2.28 bits per heavy atom. The van der Waals surface area contributed by atoms with Gasteiger partial charge in [-0.25, -0.2) is 9.97 Å². The Morgan fingerprint density at radius 2 is 1.59 bits per heavy atom. The number of amides is 1. The monoisotopic (exact) mass is 396 g/mol. The summed E-state index contributed by atoms with van der Waals surface area (Å²) in [6, 6.07) is 10.5. The average Bonchev–Trinajstić information content (AvgIpc) is 2.77.